The molecule has 3 rings (SSSR count). The zero-order chi connectivity index (χ0) is 15.0. The number of nitrogens with zero attached hydrogens (tertiary/aromatic N) is 1. The van der Waals surface area contributed by atoms with Crippen molar-refractivity contribution in [2.75, 3.05) is 0 Å². The Morgan fingerprint density at radius 2 is 1.67 bits per heavy atom. The summed E-state index contributed by atoms with van der Waals surface area (Å²) < 4.78 is 39.5. The smallest absolute Gasteiger partial charge is 0.379 e. The lowest BCUT2D eigenvalue weighted by molar-refractivity contribution is -0.206. The van der Waals surface area contributed by atoms with Crippen LogP contribution in [0.25, 0.3) is 16.6 Å². The molecule has 1 atom stereocenters. The van der Waals surface area contributed by atoms with Gasteiger partial charge in [-0.05, 0) is 35.9 Å². The topological polar surface area (TPSA) is 25.2 Å². The lowest BCUT2D eigenvalue weighted by atomic mass is 10.1. The van der Waals surface area contributed by atoms with E-state index in [0.717, 1.165) is 11.2 Å². The van der Waals surface area contributed by atoms with Gasteiger partial charge in [0.15, 0.2) is 6.10 Å². The Hall–Kier alpha value is -2.27. The summed E-state index contributed by atoms with van der Waals surface area (Å²) in [6, 6.07) is 15.5. The quantitative estimate of drug-likeness (QED) is 0.751. The summed E-state index contributed by atoms with van der Waals surface area (Å²) in [6.07, 6.45) is -5.32. The molecule has 5 heteroatoms. The molecule has 2 aromatic carbocycles. The average Bonchev–Trinajstić information content (AvgIpc) is 2.89. The Morgan fingerprint density at radius 3 is 2.33 bits per heavy atom. The maximum atomic E-state index is 12.5. The first-order valence-corrected chi connectivity index (χ1v) is 6.38. The third-order valence-corrected chi connectivity index (χ3v) is 3.37. The summed E-state index contributed by atoms with van der Waals surface area (Å²) in [6.45, 7) is 0. The van der Waals surface area contributed by atoms with E-state index in [1.807, 2.05) is 34.9 Å². The molecule has 0 aliphatic carbocycles. The summed E-state index contributed by atoms with van der Waals surface area (Å²) >= 11 is 0. The van der Waals surface area contributed by atoms with E-state index in [9.17, 15) is 18.3 Å². The zero-order valence-electron chi connectivity index (χ0n) is 10.9. The second-order valence-electron chi connectivity index (χ2n) is 4.78. The van der Waals surface area contributed by atoms with E-state index < -0.39 is 12.3 Å². The molecule has 3 aromatic rings. The van der Waals surface area contributed by atoms with Crippen molar-refractivity contribution in [3.8, 4) is 5.69 Å². The van der Waals surface area contributed by atoms with Gasteiger partial charge in [-0.1, -0.05) is 24.3 Å². The monoisotopic (exact) mass is 291 g/mol. The van der Waals surface area contributed by atoms with Gasteiger partial charge in [0.2, 0.25) is 0 Å². The molecular weight excluding hydrogens is 279 g/mol. The second-order valence-corrected chi connectivity index (χ2v) is 4.78. The first kappa shape index (κ1) is 13.7. The number of aliphatic hydroxyl groups is 1. The van der Waals surface area contributed by atoms with E-state index in [2.05, 4.69) is 0 Å². The molecule has 108 valence electrons. The van der Waals surface area contributed by atoms with Gasteiger partial charge in [0.1, 0.15) is 0 Å². The first-order valence-electron chi connectivity index (χ1n) is 6.38. The van der Waals surface area contributed by atoms with Gasteiger partial charge in [-0.25, -0.2) is 0 Å². The van der Waals surface area contributed by atoms with Gasteiger partial charge in [-0.15, -0.1) is 0 Å². The minimum atomic E-state index is -4.66. The molecule has 0 fully saturated rings. The number of para-hydroxylation sites is 1. The highest BCUT2D eigenvalue weighted by Gasteiger charge is 2.39. The van der Waals surface area contributed by atoms with Gasteiger partial charge in [-0.3, -0.25) is 0 Å². The lowest BCUT2D eigenvalue weighted by Gasteiger charge is -2.15. The van der Waals surface area contributed by atoms with Crippen molar-refractivity contribution in [2.24, 2.45) is 0 Å². The SMILES string of the molecule is OC(c1ccc2c(ccn2-c2ccccc2)c1)C(F)(F)F. The maximum absolute atomic E-state index is 12.5. The van der Waals surface area contributed by atoms with Crippen molar-refractivity contribution in [3.05, 3.63) is 66.4 Å². The zero-order valence-corrected chi connectivity index (χ0v) is 10.9. The van der Waals surface area contributed by atoms with Crippen LogP contribution < -0.4 is 0 Å². The Labute approximate surface area is 119 Å². The largest absolute Gasteiger partial charge is 0.418 e. The first-order chi connectivity index (χ1) is 9.97. The van der Waals surface area contributed by atoms with Gasteiger partial charge in [-0.2, -0.15) is 13.2 Å². The molecule has 21 heavy (non-hydrogen) atoms. The van der Waals surface area contributed by atoms with Crippen molar-refractivity contribution < 1.29 is 18.3 Å². The highest BCUT2D eigenvalue weighted by Crippen LogP contribution is 2.34. The van der Waals surface area contributed by atoms with Crippen molar-refractivity contribution in [1.82, 2.24) is 4.57 Å². The highest BCUT2D eigenvalue weighted by atomic mass is 19.4. The number of halogens is 3. The predicted octanol–water partition coefficient (Wildman–Crippen LogP) is 4.23. The Kier molecular flexibility index (Phi) is 3.22. The average molecular weight is 291 g/mol. The molecule has 1 N–H and O–H groups in total. The summed E-state index contributed by atoms with van der Waals surface area (Å²) in [5.41, 5.74) is 1.57. The highest BCUT2D eigenvalue weighted by molar-refractivity contribution is 5.82. The van der Waals surface area contributed by atoms with E-state index in [1.165, 1.54) is 12.1 Å². The molecule has 0 aliphatic rings. The van der Waals surface area contributed by atoms with Crippen molar-refractivity contribution >= 4 is 10.9 Å². The third-order valence-electron chi connectivity index (χ3n) is 3.37. The van der Waals surface area contributed by atoms with Gasteiger partial charge < -0.3 is 9.67 Å². The number of alkyl halides is 3. The van der Waals surface area contributed by atoms with Crippen LogP contribution in [-0.4, -0.2) is 15.8 Å². The lowest BCUT2D eigenvalue weighted by Crippen LogP contribution is -2.20. The molecule has 1 aromatic heterocycles. The van der Waals surface area contributed by atoms with Crippen molar-refractivity contribution in [1.29, 1.82) is 0 Å². The molecule has 2 nitrogen and oxygen atoms in total. The minimum Gasteiger partial charge on any atom is -0.379 e. The number of hydrogen-bond donors (Lipinski definition) is 1. The molecule has 0 saturated heterocycles. The molecule has 0 aliphatic heterocycles. The fourth-order valence-corrected chi connectivity index (χ4v) is 2.33. The van der Waals surface area contributed by atoms with Crippen LogP contribution in [0.5, 0.6) is 0 Å². The number of aliphatic hydroxyl groups excluding tert-OH is 1. The van der Waals surface area contributed by atoms with Crippen molar-refractivity contribution in [3.63, 3.8) is 0 Å². The second kappa shape index (κ2) is 4.93. The molecule has 0 radical (unpaired) electrons. The Balaban J connectivity index is 2.06. The van der Waals surface area contributed by atoms with Gasteiger partial charge >= 0.3 is 6.18 Å². The molecule has 1 heterocycles. The summed E-state index contributed by atoms with van der Waals surface area (Å²) in [7, 11) is 0. The van der Waals surface area contributed by atoms with Crippen LogP contribution >= 0.6 is 0 Å². The fourth-order valence-electron chi connectivity index (χ4n) is 2.33. The number of hydrogen-bond acceptors (Lipinski definition) is 1. The fraction of sp³-hybridized carbons (Fsp3) is 0.125. The maximum Gasteiger partial charge on any atom is 0.418 e. The Morgan fingerprint density at radius 1 is 0.952 bits per heavy atom. The van der Waals surface area contributed by atoms with Crippen LogP contribution in [0.4, 0.5) is 13.2 Å². The molecule has 0 bridgehead atoms. The van der Waals surface area contributed by atoms with Crippen LogP contribution in [0.15, 0.2) is 60.8 Å². The predicted molar refractivity (Wildman–Crippen MR) is 74.3 cm³/mol. The molecule has 0 saturated carbocycles. The molecule has 0 spiro atoms. The van der Waals surface area contributed by atoms with Crippen LogP contribution in [0.1, 0.15) is 11.7 Å². The standard InChI is InChI=1S/C16H12F3NO/c17-16(18,19)15(21)12-6-7-14-11(10-12)8-9-20(14)13-4-2-1-3-5-13/h1-10,15,21H. The molecule has 0 amide bonds. The third kappa shape index (κ3) is 2.52. The summed E-state index contributed by atoms with van der Waals surface area (Å²) in [5.74, 6) is 0. The summed E-state index contributed by atoms with van der Waals surface area (Å²) in [4.78, 5) is 0. The van der Waals surface area contributed by atoms with E-state index in [1.54, 1.807) is 18.3 Å². The molecule has 1 unspecified atom stereocenters. The van der Waals surface area contributed by atoms with Crippen molar-refractivity contribution in [2.45, 2.75) is 12.3 Å². The van der Waals surface area contributed by atoms with Gasteiger partial charge in [0.05, 0.1) is 5.52 Å². The Bertz CT molecular complexity index is 762. The van der Waals surface area contributed by atoms with Crippen LogP contribution in [-0.2, 0) is 0 Å². The van der Waals surface area contributed by atoms with E-state index in [-0.39, 0.29) is 5.56 Å². The minimum absolute atomic E-state index is 0.152. The molecular formula is C16H12F3NO. The number of fused-ring (bicyclic) bond motifs is 1. The van der Waals surface area contributed by atoms with Gasteiger partial charge in [0, 0.05) is 17.3 Å². The van der Waals surface area contributed by atoms with E-state index in [0.29, 0.717) is 5.39 Å². The van der Waals surface area contributed by atoms with E-state index in [4.69, 9.17) is 0 Å². The number of rotatable bonds is 2. The summed E-state index contributed by atoms with van der Waals surface area (Å²) in [5, 5.41) is 9.96. The number of benzene rings is 2. The number of aromatic nitrogens is 1. The van der Waals surface area contributed by atoms with Crippen LogP contribution in [0.2, 0.25) is 0 Å². The van der Waals surface area contributed by atoms with Crippen LogP contribution in [0.3, 0.4) is 0 Å². The normalized spacial score (nSPS) is 13.5. The van der Waals surface area contributed by atoms with Crippen LogP contribution in [0, 0.1) is 0 Å². The van der Waals surface area contributed by atoms with E-state index >= 15 is 0 Å². The van der Waals surface area contributed by atoms with Gasteiger partial charge in [0.25, 0.3) is 0 Å².